The number of benzene rings is 3. The second-order valence-corrected chi connectivity index (χ2v) is 7.62. The molecule has 0 aromatic heterocycles. The van der Waals surface area contributed by atoms with E-state index in [2.05, 4.69) is 19.2 Å². The zero-order chi connectivity index (χ0) is 22.2. The maximum absolute atomic E-state index is 12.9. The van der Waals surface area contributed by atoms with E-state index < -0.39 is 0 Å². The van der Waals surface area contributed by atoms with E-state index in [1.807, 2.05) is 49.4 Å². The van der Waals surface area contributed by atoms with Gasteiger partial charge >= 0.3 is 0 Å². The van der Waals surface area contributed by atoms with E-state index in [4.69, 9.17) is 4.74 Å². The van der Waals surface area contributed by atoms with Crippen LogP contribution in [0.25, 0.3) is 0 Å². The molecule has 0 saturated heterocycles. The Hall–Kier alpha value is -3.60. The second kappa shape index (κ2) is 10.4. The third-order valence-corrected chi connectivity index (χ3v) is 4.72. The topological polar surface area (TPSA) is 58.6 Å². The molecule has 5 heteroatoms. The molecular weight excluding hydrogens is 388 g/mol. The van der Waals surface area contributed by atoms with E-state index in [0.717, 1.165) is 5.69 Å². The van der Waals surface area contributed by atoms with E-state index in [9.17, 15) is 9.59 Å². The number of carbonyl (C=O) groups excluding carboxylic acids is 2. The molecule has 0 bridgehead atoms. The van der Waals surface area contributed by atoms with Gasteiger partial charge < -0.3 is 15.0 Å². The molecule has 2 amide bonds. The van der Waals surface area contributed by atoms with Crippen molar-refractivity contribution in [3.05, 3.63) is 90.0 Å². The molecule has 3 aromatic rings. The van der Waals surface area contributed by atoms with Crippen molar-refractivity contribution < 1.29 is 14.3 Å². The normalized spacial score (nSPS) is 10.6. The lowest BCUT2D eigenvalue weighted by molar-refractivity contribution is 0.0986. The number of ether oxygens (including phenoxy) is 1. The van der Waals surface area contributed by atoms with Gasteiger partial charge in [0.05, 0.1) is 12.2 Å². The molecule has 0 aliphatic heterocycles. The van der Waals surface area contributed by atoms with Crippen LogP contribution in [-0.4, -0.2) is 25.0 Å². The molecule has 3 rings (SSSR count). The van der Waals surface area contributed by atoms with Gasteiger partial charge in [-0.1, -0.05) is 44.2 Å². The van der Waals surface area contributed by atoms with Crippen molar-refractivity contribution in [1.29, 1.82) is 0 Å². The summed E-state index contributed by atoms with van der Waals surface area (Å²) >= 11 is 0. The second-order valence-electron chi connectivity index (χ2n) is 7.62. The Bertz CT molecular complexity index is 1010. The molecule has 0 unspecified atom stereocenters. The van der Waals surface area contributed by atoms with Gasteiger partial charge in [-0.25, -0.2) is 0 Å². The fraction of sp³-hybridized carbons (Fsp3) is 0.231. The number of carbonyl (C=O) groups is 2. The summed E-state index contributed by atoms with van der Waals surface area (Å²) in [5.41, 5.74) is 2.50. The van der Waals surface area contributed by atoms with Gasteiger partial charge in [-0.15, -0.1) is 0 Å². The Morgan fingerprint density at radius 2 is 1.55 bits per heavy atom. The predicted octanol–water partition coefficient (Wildman–Crippen LogP) is 5.64. The molecule has 0 radical (unpaired) electrons. The van der Waals surface area contributed by atoms with Crippen LogP contribution in [0.1, 0.15) is 41.5 Å². The molecule has 160 valence electrons. The van der Waals surface area contributed by atoms with E-state index in [0.29, 0.717) is 41.6 Å². The highest BCUT2D eigenvalue weighted by Crippen LogP contribution is 2.22. The number of amides is 2. The van der Waals surface area contributed by atoms with E-state index in [1.165, 1.54) is 0 Å². The number of nitrogens with one attached hydrogen (secondary N) is 1. The number of para-hydroxylation sites is 2. The van der Waals surface area contributed by atoms with Crippen LogP contribution in [0.15, 0.2) is 78.9 Å². The minimum absolute atomic E-state index is 0.0843. The first-order valence-corrected chi connectivity index (χ1v) is 10.5. The summed E-state index contributed by atoms with van der Waals surface area (Å²) in [6.07, 6.45) is 0. The molecule has 0 spiro atoms. The fourth-order valence-electron chi connectivity index (χ4n) is 3.14. The Morgan fingerprint density at radius 1 is 0.903 bits per heavy atom. The lowest BCUT2D eigenvalue weighted by Gasteiger charge is -2.21. The quantitative estimate of drug-likeness (QED) is 0.517. The first-order chi connectivity index (χ1) is 15.0. The Balaban J connectivity index is 1.71. The highest BCUT2D eigenvalue weighted by Gasteiger charge is 2.17. The van der Waals surface area contributed by atoms with Gasteiger partial charge in [0.2, 0.25) is 0 Å². The molecule has 0 aliphatic rings. The predicted molar refractivity (Wildman–Crippen MR) is 125 cm³/mol. The summed E-state index contributed by atoms with van der Waals surface area (Å²) in [5, 5.41) is 2.88. The van der Waals surface area contributed by atoms with Crippen LogP contribution in [0, 0.1) is 5.92 Å². The Labute approximate surface area is 183 Å². The zero-order valence-electron chi connectivity index (χ0n) is 18.2. The van der Waals surface area contributed by atoms with Crippen LogP contribution < -0.4 is 15.0 Å². The van der Waals surface area contributed by atoms with Crippen molar-refractivity contribution in [2.45, 2.75) is 20.8 Å². The molecular formula is C26H28N2O3. The van der Waals surface area contributed by atoms with Gasteiger partial charge in [0.25, 0.3) is 11.8 Å². The van der Waals surface area contributed by atoms with Crippen LogP contribution in [0.4, 0.5) is 11.4 Å². The first kappa shape index (κ1) is 22.1. The average molecular weight is 417 g/mol. The van der Waals surface area contributed by atoms with Gasteiger partial charge in [-0.05, 0) is 61.4 Å². The molecule has 0 atom stereocenters. The van der Waals surface area contributed by atoms with Crippen LogP contribution in [0.2, 0.25) is 0 Å². The summed E-state index contributed by atoms with van der Waals surface area (Å²) in [5.74, 6) is 0.582. The molecule has 0 saturated carbocycles. The fourth-order valence-corrected chi connectivity index (χ4v) is 3.14. The lowest BCUT2D eigenvalue weighted by Crippen LogP contribution is -2.30. The van der Waals surface area contributed by atoms with Crippen molar-refractivity contribution in [2.24, 2.45) is 5.92 Å². The Morgan fingerprint density at radius 3 is 2.19 bits per heavy atom. The van der Waals surface area contributed by atoms with Gasteiger partial charge in [-0.3, -0.25) is 9.59 Å². The highest BCUT2D eigenvalue weighted by molar-refractivity contribution is 6.08. The summed E-state index contributed by atoms with van der Waals surface area (Å²) < 4.78 is 5.78. The summed E-state index contributed by atoms with van der Waals surface area (Å²) in [7, 11) is 0. The number of rotatable bonds is 8. The largest absolute Gasteiger partial charge is 0.492 e. The van der Waals surface area contributed by atoms with Crippen LogP contribution in [0.3, 0.4) is 0 Å². The van der Waals surface area contributed by atoms with Crippen molar-refractivity contribution in [2.75, 3.05) is 23.4 Å². The van der Waals surface area contributed by atoms with Gasteiger partial charge in [0, 0.05) is 23.5 Å². The van der Waals surface area contributed by atoms with Crippen molar-refractivity contribution in [1.82, 2.24) is 0 Å². The van der Waals surface area contributed by atoms with Crippen LogP contribution in [-0.2, 0) is 0 Å². The third-order valence-electron chi connectivity index (χ3n) is 4.72. The number of hydrogen-bond acceptors (Lipinski definition) is 3. The molecule has 1 N–H and O–H groups in total. The average Bonchev–Trinajstić information content (AvgIpc) is 2.79. The van der Waals surface area contributed by atoms with Crippen LogP contribution in [0.5, 0.6) is 5.75 Å². The minimum Gasteiger partial charge on any atom is -0.492 e. The van der Waals surface area contributed by atoms with Crippen molar-refractivity contribution in [3.63, 3.8) is 0 Å². The zero-order valence-corrected chi connectivity index (χ0v) is 18.2. The van der Waals surface area contributed by atoms with Gasteiger partial charge in [0.1, 0.15) is 5.75 Å². The standard InChI is InChI=1S/C26H28N2O3/c1-4-28(22-10-6-5-7-11-22)26(30)20-14-16-21(17-15-20)27-25(29)23-12-8-9-13-24(23)31-18-19(2)3/h5-17,19H,4,18H2,1-3H3,(H,27,29). The molecule has 5 nitrogen and oxygen atoms in total. The van der Waals surface area contributed by atoms with Crippen molar-refractivity contribution in [3.8, 4) is 5.75 Å². The lowest BCUT2D eigenvalue weighted by atomic mass is 10.1. The first-order valence-electron chi connectivity index (χ1n) is 10.5. The maximum Gasteiger partial charge on any atom is 0.259 e. The highest BCUT2D eigenvalue weighted by atomic mass is 16.5. The molecule has 31 heavy (non-hydrogen) atoms. The minimum atomic E-state index is -0.252. The monoisotopic (exact) mass is 416 g/mol. The van der Waals surface area contributed by atoms with Gasteiger partial charge in [-0.2, -0.15) is 0 Å². The van der Waals surface area contributed by atoms with Crippen molar-refractivity contribution >= 4 is 23.2 Å². The van der Waals surface area contributed by atoms with E-state index >= 15 is 0 Å². The number of anilines is 2. The number of hydrogen-bond donors (Lipinski definition) is 1. The van der Waals surface area contributed by atoms with Gasteiger partial charge in [0.15, 0.2) is 0 Å². The number of nitrogens with zero attached hydrogens (tertiary/aromatic N) is 1. The van der Waals surface area contributed by atoms with E-state index in [-0.39, 0.29) is 11.8 Å². The maximum atomic E-state index is 12.9. The SMILES string of the molecule is CCN(C(=O)c1ccc(NC(=O)c2ccccc2OCC(C)C)cc1)c1ccccc1. The van der Waals surface area contributed by atoms with E-state index in [1.54, 1.807) is 41.3 Å². The summed E-state index contributed by atoms with van der Waals surface area (Å²) in [4.78, 5) is 27.4. The summed E-state index contributed by atoms with van der Waals surface area (Å²) in [6, 6.07) is 23.7. The van der Waals surface area contributed by atoms with Crippen LogP contribution >= 0.6 is 0 Å². The Kier molecular flexibility index (Phi) is 7.44. The molecule has 3 aromatic carbocycles. The third kappa shape index (κ3) is 5.72. The summed E-state index contributed by atoms with van der Waals surface area (Å²) in [6.45, 7) is 7.16. The molecule has 0 heterocycles. The molecule has 0 fully saturated rings. The molecule has 0 aliphatic carbocycles. The smallest absolute Gasteiger partial charge is 0.259 e.